The summed E-state index contributed by atoms with van der Waals surface area (Å²) in [4.78, 5) is 2.59. The highest BCUT2D eigenvalue weighted by atomic mass is 35.5. The van der Waals surface area contributed by atoms with Crippen LogP contribution in [0.5, 0.6) is 0 Å². The maximum Gasteiger partial charge on any atom is 0.0855 e. The van der Waals surface area contributed by atoms with Gasteiger partial charge in [0.1, 0.15) is 0 Å². The zero-order valence-electron chi connectivity index (χ0n) is 10.5. The number of hydrogen-bond donors (Lipinski definition) is 1. The van der Waals surface area contributed by atoms with Gasteiger partial charge in [0.15, 0.2) is 0 Å². The van der Waals surface area contributed by atoms with Crippen LogP contribution < -0.4 is 5.32 Å². The molecule has 2 atom stereocenters. The van der Waals surface area contributed by atoms with E-state index in [1.165, 1.54) is 12.0 Å². The quantitative estimate of drug-likeness (QED) is 0.883. The highest BCUT2D eigenvalue weighted by Crippen LogP contribution is 2.21. The van der Waals surface area contributed by atoms with Crippen molar-refractivity contribution in [2.75, 3.05) is 26.2 Å². The number of fused-ring (bicyclic) bond motifs is 1. The fourth-order valence-electron chi connectivity index (χ4n) is 2.91. The van der Waals surface area contributed by atoms with Gasteiger partial charge in [-0.1, -0.05) is 30.3 Å². The number of piperidine rings is 1. The molecule has 2 heterocycles. The summed E-state index contributed by atoms with van der Waals surface area (Å²) in [6, 6.07) is 11.4. The number of nitrogens with one attached hydrogen (secondary N) is 1. The topological polar surface area (TPSA) is 24.5 Å². The molecule has 2 saturated heterocycles. The van der Waals surface area contributed by atoms with Gasteiger partial charge in [0.25, 0.3) is 0 Å². The van der Waals surface area contributed by atoms with Crippen molar-refractivity contribution in [3.8, 4) is 0 Å². The van der Waals surface area contributed by atoms with Gasteiger partial charge in [0.2, 0.25) is 0 Å². The van der Waals surface area contributed by atoms with Crippen molar-refractivity contribution in [3.05, 3.63) is 35.9 Å². The Morgan fingerprint density at radius 1 is 1.28 bits per heavy atom. The largest absolute Gasteiger partial charge is 0.374 e. The molecule has 2 aliphatic heterocycles. The Morgan fingerprint density at radius 3 is 2.94 bits per heavy atom. The summed E-state index contributed by atoms with van der Waals surface area (Å²) in [6.07, 6.45) is 1.60. The molecule has 1 aromatic rings. The van der Waals surface area contributed by atoms with Crippen LogP contribution in [0.15, 0.2) is 30.3 Å². The van der Waals surface area contributed by atoms with Crippen LogP contribution in [0, 0.1) is 0 Å². The molecule has 0 amide bonds. The monoisotopic (exact) mass is 268 g/mol. The fraction of sp³-hybridized carbons (Fsp3) is 0.571. The van der Waals surface area contributed by atoms with Crippen LogP contribution in [-0.4, -0.2) is 43.3 Å². The summed E-state index contributed by atoms with van der Waals surface area (Å²) >= 11 is 0. The lowest BCUT2D eigenvalue weighted by Crippen LogP contribution is -2.57. The highest BCUT2D eigenvalue weighted by Gasteiger charge is 2.33. The van der Waals surface area contributed by atoms with Crippen molar-refractivity contribution in [3.63, 3.8) is 0 Å². The number of morpholine rings is 1. The lowest BCUT2D eigenvalue weighted by Gasteiger charge is -2.44. The van der Waals surface area contributed by atoms with Gasteiger partial charge in [-0.3, -0.25) is 4.90 Å². The second-order valence-electron chi connectivity index (χ2n) is 4.93. The van der Waals surface area contributed by atoms with E-state index in [0.717, 1.165) is 32.8 Å². The molecule has 0 aliphatic carbocycles. The molecule has 1 aromatic carbocycles. The molecule has 0 spiro atoms. The molecule has 0 aromatic heterocycles. The average Bonchev–Trinajstić information content (AvgIpc) is 2.40. The molecular formula is C14H21ClN2O. The van der Waals surface area contributed by atoms with E-state index < -0.39 is 0 Å². The van der Waals surface area contributed by atoms with Crippen molar-refractivity contribution in [2.24, 2.45) is 0 Å². The van der Waals surface area contributed by atoms with Crippen LogP contribution in [0.25, 0.3) is 0 Å². The summed E-state index contributed by atoms with van der Waals surface area (Å²) in [5.41, 5.74) is 1.41. The molecule has 0 bridgehead atoms. The Labute approximate surface area is 115 Å². The second-order valence-corrected chi connectivity index (χ2v) is 4.93. The number of benzene rings is 1. The first-order valence-corrected chi connectivity index (χ1v) is 6.54. The molecule has 0 saturated carbocycles. The summed E-state index contributed by atoms with van der Waals surface area (Å²) < 4.78 is 5.85. The Kier molecular flexibility index (Phi) is 5.01. The summed E-state index contributed by atoms with van der Waals surface area (Å²) in [5, 5.41) is 3.42. The van der Waals surface area contributed by atoms with Crippen molar-refractivity contribution in [2.45, 2.75) is 25.1 Å². The summed E-state index contributed by atoms with van der Waals surface area (Å²) in [6.45, 7) is 5.13. The van der Waals surface area contributed by atoms with E-state index in [9.17, 15) is 0 Å². The maximum atomic E-state index is 5.85. The lowest BCUT2D eigenvalue weighted by atomic mass is 9.99. The third-order valence-corrected chi connectivity index (χ3v) is 3.80. The first kappa shape index (κ1) is 13.8. The van der Waals surface area contributed by atoms with Gasteiger partial charge in [-0.25, -0.2) is 0 Å². The molecule has 2 aliphatic rings. The fourth-order valence-corrected chi connectivity index (χ4v) is 2.91. The number of nitrogens with zero attached hydrogens (tertiary/aromatic N) is 1. The maximum absolute atomic E-state index is 5.85. The van der Waals surface area contributed by atoms with E-state index in [1.54, 1.807) is 0 Å². The van der Waals surface area contributed by atoms with E-state index in [4.69, 9.17) is 4.74 Å². The molecule has 18 heavy (non-hydrogen) atoms. The van der Waals surface area contributed by atoms with Gasteiger partial charge in [-0.15, -0.1) is 12.4 Å². The second kappa shape index (κ2) is 6.53. The molecular weight excluding hydrogens is 248 g/mol. The predicted octanol–water partition coefficient (Wildman–Crippen LogP) is 1.67. The summed E-state index contributed by atoms with van der Waals surface area (Å²) in [5.74, 6) is 0. The van der Waals surface area contributed by atoms with Crippen molar-refractivity contribution in [1.82, 2.24) is 10.2 Å². The predicted molar refractivity (Wildman–Crippen MR) is 75.1 cm³/mol. The molecule has 3 rings (SSSR count). The summed E-state index contributed by atoms with van der Waals surface area (Å²) in [7, 11) is 0. The molecule has 4 heteroatoms. The Bertz CT molecular complexity index is 358. The van der Waals surface area contributed by atoms with Crippen LogP contribution in [0.3, 0.4) is 0 Å². The molecule has 0 radical (unpaired) electrons. The molecule has 100 valence electrons. The van der Waals surface area contributed by atoms with E-state index in [2.05, 4.69) is 40.5 Å². The SMILES string of the molecule is Cl.c1ccc(CN2CCO[C@@H]3CNCC[C@@H]32)cc1. The Morgan fingerprint density at radius 2 is 2.11 bits per heavy atom. The van der Waals surface area contributed by atoms with E-state index >= 15 is 0 Å². The van der Waals surface area contributed by atoms with Crippen LogP contribution in [0.2, 0.25) is 0 Å². The minimum Gasteiger partial charge on any atom is -0.374 e. The molecule has 0 unspecified atom stereocenters. The number of rotatable bonds is 2. The first-order valence-electron chi connectivity index (χ1n) is 6.54. The average molecular weight is 269 g/mol. The van der Waals surface area contributed by atoms with Gasteiger partial charge in [0.05, 0.1) is 12.7 Å². The molecule has 1 N–H and O–H groups in total. The zero-order chi connectivity index (χ0) is 11.5. The number of hydrogen-bond acceptors (Lipinski definition) is 3. The smallest absolute Gasteiger partial charge is 0.0855 e. The zero-order valence-corrected chi connectivity index (χ0v) is 11.4. The number of ether oxygens (including phenoxy) is 1. The lowest BCUT2D eigenvalue weighted by molar-refractivity contribution is -0.0842. The van der Waals surface area contributed by atoms with Gasteiger partial charge >= 0.3 is 0 Å². The molecule has 2 fully saturated rings. The minimum absolute atomic E-state index is 0. The van der Waals surface area contributed by atoms with Crippen molar-refractivity contribution >= 4 is 12.4 Å². The van der Waals surface area contributed by atoms with Crippen molar-refractivity contribution < 1.29 is 4.74 Å². The van der Waals surface area contributed by atoms with E-state index in [-0.39, 0.29) is 12.4 Å². The van der Waals surface area contributed by atoms with E-state index in [1.807, 2.05) is 0 Å². The van der Waals surface area contributed by atoms with Gasteiger partial charge in [-0.2, -0.15) is 0 Å². The van der Waals surface area contributed by atoms with Crippen LogP contribution >= 0.6 is 12.4 Å². The third kappa shape index (κ3) is 3.04. The molecule has 3 nitrogen and oxygen atoms in total. The van der Waals surface area contributed by atoms with Crippen LogP contribution in [0.1, 0.15) is 12.0 Å². The van der Waals surface area contributed by atoms with Crippen molar-refractivity contribution in [1.29, 1.82) is 0 Å². The Hall–Kier alpha value is -0.610. The normalized spacial score (nSPS) is 28.2. The van der Waals surface area contributed by atoms with Gasteiger partial charge in [0, 0.05) is 25.7 Å². The van der Waals surface area contributed by atoms with Gasteiger partial charge in [-0.05, 0) is 18.5 Å². The Balaban J connectivity index is 0.00000120. The van der Waals surface area contributed by atoms with E-state index in [0.29, 0.717) is 12.1 Å². The standard InChI is InChI=1S/C14H20N2O.ClH/c1-2-4-12(5-3-1)11-16-8-9-17-14-10-15-7-6-13(14)16;/h1-5,13-15H,6-11H2;1H/t13-,14+;/m0./s1. The van der Waals surface area contributed by atoms with Crippen LogP contribution in [-0.2, 0) is 11.3 Å². The number of halogens is 1. The van der Waals surface area contributed by atoms with Crippen LogP contribution in [0.4, 0.5) is 0 Å². The highest BCUT2D eigenvalue weighted by molar-refractivity contribution is 5.85. The minimum atomic E-state index is 0. The van der Waals surface area contributed by atoms with Gasteiger partial charge < -0.3 is 10.1 Å². The third-order valence-electron chi connectivity index (χ3n) is 3.80. The first-order chi connectivity index (χ1) is 8.43.